The number of amides is 1. The molecule has 0 spiro atoms. The lowest BCUT2D eigenvalue weighted by Gasteiger charge is -2.22. The number of aryl methyl sites for hydroxylation is 1. The fourth-order valence-electron chi connectivity index (χ4n) is 2.49. The second kappa shape index (κ2) is 8.68. The largest absolute Gasteiger partial charge is 0.341 e. The van der Waals surface area contributed by atoms with E-state index in [0.717, 1.165) is 49.8 Å². The molecule has 1 atom stereocenters. The van der Waals surface area contributed by atoms with Crippen LogP contribution >= 0.6 is 23.7 Å². The molecule has 1 unspecified atom stereocenters. The zero-order valence-corrected chi connectivity index (χ0v) is 14.4. The molecule has 0 aromatic carbocycles. The molecule has 7 heteroatoms. The minimum Gasteiger partial charge on any atom is -0.341 e. The summed E-state index contributed by atoms with van der Waals surface area (Å²) >= 11 is 1.69. The number of thiazole rings is 1. The molecule has 1 aliphatic heterocycles. The summed E-state index contributed by atoms with van der Waals surface area (Å²) in [5, 5.41) is 3.24. The molecule has 0 aliphatic carbocycles. The van der Waals surface area contributed by atoms with Gasteiger partial charge in [0.1, 0.15) is 0 Å². The molecule has 120 valence electrons. The standard InChI is InChI=1S/C14H24N4OS.ClH/c1-11(15)8-14(19)18-5-3-4-17(6-7-18)9-13-10-20-12(2)16-13;/h10-11H,3-9,15H2,1-2H3;1H. The maximum absolute atomic E-state index is 12.0. The number of nitrogens with two attached hydrogens (primary N) is 1. The summed E-state index contributed by atoms with van der Waals surface area (Å²) in [6.45, 7) is 8.39. The molecule has 1 aromatic rings. The second-order valence-electron chi connectivity index (χ2n) is 5.55. The SMILES string of the molecule is Cc1nc(CN2CCCN(C(=O)CC(C)N)CC2)cs1.Cl. The van der Waals surface area contributed by atoms with E-state index >= 15 is 0 Å². The summed E-state index contributed by atoms with van der Waals surface area (Å²) in [6.07, 6.45) is 1.47. The third kappa shape index (κ3) is 5.90. The number of rotatable bonds is 4. The van der Waals surface area contributed by atoms with Crippen LogP contribution in [0.2, 0.25) is 0 Å². The van der Waals surface area contributed by atoms with E-state index in [1.165, 1.54) is 0 Å². The molecule has 1 fully saturated rings. The lowest BCUT2D eigenvalue weighted by atomic mass is 10.2. The van der Waals surface area contributed by atoms with Crippen molar-refractivity contribution >= 4 is 29.7 Å². The molecule has 5 nitrogen and oxygen atoms in total. The van der Waals surface area contributed by atoms with E-state index < -0.39 is 0 Å². The summed E-state index contributed by atoms with van der Waals surface area (Å²) in [6, 6.07) is -0.0557. The smallest absolute Gasteiger partial charge is 0.224 e. The Balaban J connectivity index is 0.00000220. The summed E-state index contributed by atoms with van der Waals surface area (Å²) in [5.41, 5.74) is 6.85. The van der Waals surface area contributed by atoms with Gasteiger partial charge in [-0.05, 0) is 20.3 Å². The Labute approximate surface area is 136 Å². The predicted molar refractivity (Wildman–Crippen MR) is 88.8 cm³/mol. The molecule has 1 saturated heterocycles. The number of carbonyl (C=O) groups excluding carboxylic acids is 1. The predicted octanol–water partition coefficient (Wildman–Crippen LogP) is 1.64. The first-order chi connectivity index (χ1) is 9.54. The van der Waals surface area contributed by atoms with E-state index in [1.807, 2.05) is 18.7 Å². The highest BCUT2D eigenvalue weighted by Gasteiger charge is 2.20. The van der Waals surface area contributed by atoms with E-state index in [0.29, 0.717) is 6.42 Å². The van der Waals surface area contributed by atoms with Crippen molar-refractivity contribution in [2.24, 2.45) is 5.73 Å². The van der Waals surface area contributed by atoms with Crippen molar-refractivity contribution in [3.63, 3.8) is 0 Å². The van der Waals surface area contributed by atoms with Gasteiger partial charge in [-0.1, -0.05) is 0 Å². The Morgan fingerprint density at radius 3 is 2.81 bits per heavy atom. The number of aromatic nitrogens is 1. The van der Waals surface area contributed by atoms with Gasteiger partial charge in [-0.3, -0.25) is 9.69 Å². The van der Waals surface area contributed by atoms with Crippen LogP contribution in [-0.4, -0.2) is 52.9 Å². The molecule has 0 radical (unpaired) electrons. The molecule has 1 amide bonds. The van der Waals surface area contributed by atoms with Gasteiger partial charge in [0.25, 0.3) is 0 Å². The van der Waals surface area contributed by atoms with Gasteiger partial charge in [-0.15, -0.1) is 23.7 Å². The molecule has 1 aromatic heterocycles. The van der Waals surface area contributed by atoms with Gasteiger partial charge in [-0.25, -0.2) is 4.98 Å². The van der Waals surface area contributed by atoms with Crippen LogP contribution in [0.3, 0.4) is 0 Å². The van der Waals surface area contributed by atoms with E-state index in [2.05, 4.69) is 15.3 Å². The van der Waals surface area contributed by atoms with Crippen LogP contribution in [-0.2, 0) is 11.3 Å². The van der Waals surface area contributed by atoms with Crippen molar-refractivity contribution in [2.45, 2.75) is 39.3 Å². The second-order valence-corrected chi connectivity index (χ2v) is 6.61. The van der Waals surface area contributed by atoms with Gasteiger partial charge in [0, 0.05) is 50.6 Å². The van der Waals surface area contributed by atoms with Gasteiger partial charge < -0.3 is 10.6 Å². The summed E-state index contributed by atoms with van der Waals surface area (Å²) < 4.78 is 0. The molecule has 2 heterocycles. The number of carbonyl (C=O) groups is 1. The molecule has 0 saturated carbocycles. The molecular weight excluding hydrogens is 308 g/mol. The lowest BCUT2D eigenvalue weighted by molar-refractivity contribution is -0.131. The Kier molecular flexibility index (Phi) is 7.59. The van der Waals surface area contributed by atoms with Crippen LogP contribution in [0.1, 0.15) is 30.5 Å². The average molecular weight is 333 g/mol. The minimum atomic E-state index is -0.0557. The monoisotopic (exact) mass is 332 g/mol. The summed E-state index contributed by atoms with van der Waals surface area (Å²) in [5.74, 6) is 0.186. The number of nitrogens with zero attached hydrogens (tertiary/aromatic N) is 3. The Bertz CT molecular complexity index is 452. The van der Waals surface area contributed by atoms with Crippen LogP contribution < -0.4 is 5.73 Å². The maximum Gasteiger partial charge on any atom is 0.224 e. The third-order valence-corrected chi connectivity index (χ3v) is 4.31. The first kappa shape index (κ1) is 18.4. The molecule has 21 heavy (non-hydrogen) atoms. The number of hydrogen-bond acceptors (Lipinski definition) is 5. The summed E-state index contributed by atoms with van der Waals surface area (Å²) in [4.78, 5) is 20.9. The highest BCUT2D eigenvalue weighted by molar-refractivity contribution is 7.09. The van der Waals surface area contributed by atoms with Crippen LogP contribution in [0.5, 0.6) is 0 Å². The van der Waals surface area contributed by atoms with Crippen LogP contribution in [0.4, 0.5) is 0 Å². The van der Waals surface area contributed by atoms with Crippen molar-refractivity contribution in [3.05, 3.63) is 16.1 Å². The van der Waals surface area contributed by atoms with Crippen LogP contribution in [0, 0.1) is 6.92 Å². The molecule has 2 N–H and O–H groups in total. The first-order valence-corrected chi connectivity index (χ1v) is 8.09. The number of halogens is 1. The van der Waals surface area contributed by atoms with E-state index in [-0.39, 0.29) is 24.4 Å². The Morgan fingerprint density at radius 2 is 2.19 bits per heavy atom. The maximum atomic E-state index is 12.0. The van der Waals surface area contributed by atoms with Crippen molar-refractivity contribution in [1.82, 2.24) is 14.8 Å². The van der Waals surface area contributed by atoms with Gasteiger partial charge in [0.2, 0.25) is 5.91 Å². The number of hydrogen-bond donors (Lipinski definition) is 1. The fourth-order valence-corrected chi connectivity index (χ4v) is 3.10. The van der Waals surface area contributed by atoms with E-state index in [9.17, 15) is 4.79 Å². The molecular formula is C14H25ClN4OS. The van der Waals surface area contributed by atoms with Crippen molar-refractivity contribution in [2.75, 3.05) is 26.2 Å². The molecule has 0 bridgehead atoms. The highest BCUT2D eigenvalue weighted by atomic mass is 35.5. The zero-order chi connectivity index (χ0) is 14.5. The summed E-state index contributed by atoms with van der Waals surface area (Å²) in [7, 11) is 0. The van der Waals surface area contributed by atoms with Gasteiger partial charge in [0.15, 0.2) is 0 Å². The molecule has 1 aliphatic rings. The third-order valence-electron chi connectivity index (χ3n) is 3.49. The van der Waals surface area contributed by atoms with E-state index in [4.69, 9.17) is 5.73 Å². The normalized spacial score (nSPS) is 18.0. The lowest BCUT2D eigenvalue weighted by Crippen LogP contribution is -2.37. The highest BCUT2D eigenvalue weighted by Crippen LogP contribution is 2.13. The minimum absolute atomic E-state index is 0. The van der Waals surface area contributed by atoms with Gasteiger partial charge in [-0.2, -0.15) is 0 Å². The quantitative estimate of drug-likeness (QED) is 0.910. The van der Waals surface area contributed by atoms with Crippen molar-refractivity contribution < 1.29 is 4.79 Å². The van der Waals surface area contributed by atoms with Crippen LogP contribution in [0.15, 0.2) is 5.38 Å². The molecule has 2 rings (SSSR count). The first-order valence-electron chi connectivity index (χ1n) is 7.21. The van der Waals surface area contributed by atoms with Gasteiger partial charge in [0.05, 0.1) is 10.7 Å². The topological polar surface area (TPSA) is 62.5 Å². The van der Waals surface area contributed by atoms with Crippen molar-refractivity contribution in [3.8, 4) is 0 Å². The van der Waals surface area contributed by atoms with Crippen LogP contribution in [0.25, 0.3) is 0 Å². The Morgan fingerprint density at radius 1 is 1.43 bits per heavy atom. The van der Waals surface area contributed by atoms with Gasteiger partial charge >= 0.3 is 0 Å². The van der Waals surface area contributed by atoms with Crippen molar-refractivity contribution in [1.29, 1.82) is 0 Å². The van der Waals surface area contributed by atoms with E-state index in [1.54, 1.807) is 11.3 Å². The Hall–Kier alpha value is -0.690. The fraction of sp³-hybridized carbons (Fsp3) is 0.714. The zero-order valence-electron chi connectivity index (χ0n) is 12.7. The average Bonchev–Trinajstić information content (AvgIpc) is 2.63.